The number of rotatable bonds is 3. The lowest BCUT2D eigenvalue weighted by Gasteiger charge is -2.23. The summed E-state index contributed by atoms with van der Waals surface area (Å²) in [4.78, 5) is 8.06. The van der Waals surface area contributed by atoms with Gasteiger partial charge in [0.05, 0.1) is 31.5 Å². The summed E-state index contributed by atoms with van der Waals surface area (Å²) in [5.41, 5.74) is 2.94. The number of nitrogens with one attached hydrogen (secondary N) is 1. The van der Waals surface area contributed by atoms with Gasteiger partial charge in [-0.3, -0.25) is 0 Å². The van der Waals surface area contributed by atoms with Crippen molar-refractivity contribution in [1.29, 1.82) is 5.26 Å². The Morgan fingerprint density at radius 2 is 2.17 bits per heavy atom. The Morgan fingerprint density at radius 1 is 1.31 bits per heavy atom. The molecular weight excluding hydrogens is 390 g/mol. The highest BCUT2D eigenvalue weighted by Crippen LogP contribution is 2.35. The topological polar surface area (TPSA) is 88.8 Å². The largest absolute Gasteiger partial charge is 0.495 e. The Bertz CT molecular complexity index is 1270. The molecule has 0 aliphatic carbocycles. The van der Waals surface area contributed by atoms with E-state index in [1.54, 1.807) is 13.2 Å². The van der Waals surface area contributed by atoms with E-state index < -0.39 is 0 Å². The average molecular weight is 406 g/mol. The van der Waals surface area contributed by atoms with Crippen LogP contribution in [-0.2, 0) is 11.3 Å². The molecule has 1 N–H and O–H groups in total. The molecule has 8 heteroatoms. The van der Waals surface area contributed by atoms with Crippen LogP contribution >= 0.6 is 11.6 Å². The van der Waals surface area contributed by atoms with Gasteiger partial charge in [0.2, 0.25) is 0 Å². The van der Waals surface area contributed by atoms with Gasteiger partial charge in [-0.1, -0.05) is 29.8 Å². The zero-order valence-corrected chi connectivity index (χ0v) is 16.3. The van der Waals surface area contributed by atoms with Crippen molar-refractivity contribution < 1.29 is 9.47 Å². The van der Waals surface area contributed by atoms with E-state index in [2.05, 4.69) is 16.2 Å². The molecule has 2 aromatic carbocycles. The monoisotopic (exact) mass is 405 g/mol. The first kappa shape index (κ1) is 17.7. The highest BCUT2D eigenvalue weighted by molar-refractivity contribution is 6.31. The third-order valence-electron chi connectivity index (χ3n) is 5.03. The number of fused-ring (bicyclic) bond motifs is 2. The number of hydrogen-bond acceptors (Lipinski definition) is 5. The Balaban J connectivity index is 1.61. The summed E-state index contributed by atoms with van der Waals surface area (Å²) in [6.07, 6.45) is -0.372. The molecule has 144 valence electrons. The molecule has 2 aromatic heterocycles. The molecule has 1 aliphatic rings. The fourth-order valence-electron chi connectivity index (χ4n) is 3.68. The maximum Gasteiger partial charge on any atom is 0.197 e. The summed E-state index contributed by atoms with van der Waals surface area (Å²) in [6, 6.07) is 15.2. The predicted molar refractivity (Wildman–Crippen MR) is 108 cm³/mol. The lowest BCUT2D eigenvalue weighted by molar-refractivity contribution is 0.0390. The molecule has 1 aliphatic heterocycles. The highest BCUT2D eigenvalue weighted by Gasteiger charge is 2.29. The maximum absolute atomic E-state index is 9.31. The standard InChI is InChI=1S/C21H16ClN5O2/c1-28-18-12(11-23)6-7-16-14(18)10-17(24-16)20-25-21-19(29-9-8-27(21)26-20)13-4-2-3-5-15(13)22/h2-7,10,19,24H,8-9H2,1H3. The summed E-state index contributed by atoms with van der Waals surface area (Å²) in [6.45, 7) is 1.14. The fraction of sp³-hybridized carbons (Fsp3) is 0.190. The van der Waals surface area contributed by atoms with E-state index in [9.17, 15) is 5.26 Å². The van der Waals surface area contributed by atoms with Crippen molar-refractivity contribution in [3.8, 4) is 23.3 Å². The van der Waals surface area contributed by atoms with Gasteiger partial charge in [-0.05, 0) is 24.3 Å². The fourth-order valence-corrected chi connectivity index (χ4v) is 3.92. The van der Waals surface area contributed by atoms with Crippen LogP contribution in [0.5, 0.6) is 5.75 Å². The van der Waals surface area contributed by atoms with Gasteiger partial charge >= 0.3 is 0 Å². The van der Waals surface area contributed by atoms with Crippen LogP contribution in [0.4, 0.5) is 0 Å². The van der Waals surface area contributed by atoms with Gasteiger partial charge in [0.15, 0.2) is 11.6 Å². The zero-order chi connectivity index (χ0) is 20.0. The number of nitrogens with zero attached hydrogens (tertiary/aromatic N) is 4. The number of ether oxygens (including phenoxy) is 2. The molecule has 1 unspecified atom stereocenters. The third kappa shape index (κ3) is 2.85. The third-order valence-corrected chi connectivity index (χ3v) is 5.37. The number of nitriles is 1. The first-order valence-corrected chi connectivity index (χ1v) is 9.48. The molecule has 0 bridgehead atoms. The summed E-state index contributed by atoms with van der Waals surface area (Å²) >= 11 is 6.38. The van der Waals surface area contributed by atoms with Gasteiger partial charge in [-0.15, -0.1) is 5.10 Å². The first-order valence-electron chi connectivity index (χ1n) is 9.10. The molecule has 0 amide bonds. The van der Waals surface area contributed by atoms with Gasteiger partial charge in [-0.25, -0.2) is 9.67 Å². The Kier molecular flexibility index (Phi) is 4.23. The number of H-pyrrole nitrogens is 1. The summed E-state index contributed by atoms with van der Waals surface area (Å²) in [7, 11) is 1.56. The summed E-state index contributed by atoms with van der Waals surface area (Å²) in [5.74, 6) is 1.80. The van der Waals surface area contributed by atoms with Crippen LogP contribution < -0.4 is 4.74 Å². The summed E-state index contributed by atoms with van der Waals surface area (Å²) in [5, 5.41) is 15.4. The van der Waals surface area contributed by atoms with E-state index in [1.807, 2.05) is 41.1 Å². The second kappa shape index (κ2) is 6.92. The van der Waals surface area contributed by atoms with Crippen molar-refractivity contribution in [2.45, 2.75) is 12.6 Å². The number of halogens is 1. The molecule has 0 fully saturated rings. The predicted octanol–water partition coefficient (Wildman–Crippen LogP) is 4.08. The van der Waals surface area contributed by atoms with Crippen LogP contribution in [0.15, 0.2) is 42.5 Å². The van der Waals surface area contributed by atoms with Crippen molar-refractivity contribution in [3.05, 3.63) is 64.4 Å². The minimum absolute atomic E-state index is 0.372. The Morgan fingerprint density at radius 3 is 2.97 bits per heavy atom. The quantitative estimate of drug-likeness (QED) is 0.554. The van der Waals surface area contributed by atoms with Gasteiger partial charge in [0, 0.05) is 21.5 Å². The van der Waals surface area contributed by atoms with Crippen molar-refractivity contribution in [2.24, 2.45) is 0 Å². The molecule has 0 radical (unpaired) electrons. The van der Waals surface area contributed by atoms with Gasteiger partial charge in [0.25, 0.3) is 0 Å². The van der Waals surface area contributed by atoms with Gasteiger partial charge in [0.1, 0.15) is 17.9 Å². The second-order valence-corrected chi connectivity index (χ2v) is 7.10. The lowest BCUT2D eigenvalue weighted by Crippen LogP contribution is -2.23. The highest BCUT2D eigenvalue weighted by atomic mass is 35.5. The molecule has 29 heavy (non-hydrogen) atoms. The van der Waals surface area contributed by atoms with Crippen LogP contribution in [0, 0.1) is 11.3 Å². The van der Waals surface area contributed by atoms with Crippen LogP contribution in [0.1, 0.15) is 23.1 Å². The molecule has 3 heterocycles. The number of aromatic nitrogens is 4. The average Bonchev–Trinajstić information content (AvgIpc) is 3.37. The van der Waals surface area contributed by atoms with E-state index in [4.69, 9.17) is 26.1 Å². The number of aromatic amines is 1. The van der Waals surface area contributed by atoms with Gasteiger partial charge in [-0.2, -0.15) is 5.26 Å². The Labute approximate surface area is 171 Å². The van der Waals surface area contributed by atoms with E-state index in [0.717, 1.165) is 22.2 Å². The van der Waals surface area contributed by atoms with Crippen molar-refractivity contribution in [2.75, 3.05) is 13.7 Å². The first-order chi connectivity index (χ1) is 14.2. The minimum Gasteiger partial charge on any atom is -0.495 e. The van der Waals surface area contributed by atoms with Crippen molar-refractivity contribution >= 4 is 22.5 Å². The molecule has 0 saturated carbocycles. The SMILES string of the molecule is COc1c(C#N)ccc2[nH]c(-c3nc4n(n3)CCOC4c3ccccc3Cl)cc12. The molecule has 4 aromatic rings. The molecule has 1 atom stereocenters. The lowest BCUT2D eigenvalue weighted by atomic mass is 10.1. The van der Waals surface area contributed by atoms with Crippen LogP contribution in [0.25, 0.3) is 22.4 Å². The van der Waals surface area contributed by atoms with Crippen molar-refractivity contribution in [3.63, 3.8) is 0 Å². The zero-order valence-electron chi connectivity index (χ0n) is 15.5. The summed E-state index contributed by atoms with van der Waals surface area (Å²) < 4.78 is 13.3. The smallest absolute Gasteiger partial charge is 0.197 e. The van der Waals surface area contributed by atoms with E-state index in [0.29, 0.717) is 41.1 Å². The molecular formula is C21H16ClN5O2. The normalized spacial score (nSPS) is 15.8. The minimum atomic E-state index is -0.372. The molecule has 5 rings (SSSR count). The Hall–Kier alpha value is -3.34. The number of benzene rings is 2. The van der Waals surface area contributed by atoms with E-state index in [1.165, 1.54) is 0 Å². The van der Waals surface area contributed by atoms with E-state index in [-0.39, 0.29) is 6.10 Å². The maximum atomic E-state index is 9.31. The van der Waals surface area contributed by atoms with Crippen LogP contribution in [-0.4, -0.2) is 33.5 Å². The number of methoxy groups -OCH3 is 1. The molecule has 7 nitrogen and oxygen atoms in total. The molecule has 0 spiro atoms. The second-order valence-electron chi connectivity index (χ2n) is 6.69. The number of hydrogen-bond donors (Lipinski definition) is 1. The van der Waals surface area contributed by atoms with Crippen LogP contribution in [0.2, 0.25) is 5.02 Å². The molecule has 0 saturated heterocycles. The van der Waals surface area contributed by atoms with Gasteiger partial charge < -0.3 is 14.5 Å². The van der Waals surface area contributed by atoms with Crippen molar-refractivity contribution in [1.82, 2.24) is 19.7 Å². The van der Waals surface area contributed by atoms with E-state index >= 15 is 0 Å². The van der Waals surface area contributed by atoms with Crippen LogP contribution in [0.3, 0.4) is 0 Å².